The highest BCUT2D eigenvalue weighted by Crippen LogP contribution is 2.18. The predicted molar refractivity (Wildman–Crippen MR) is 128 cm³/mol. The lowest BCUT2D eigenvalue weighted by Crippen LogP contribution is -2.57. The van der Waals surface area contributed by atoms with Crippen molar-refractivity contribution < 1.29 is 23.9 Å². The number of rotatable bonds is 15. The van der Waals surface area contributed by atoms with Crippen molar-refractivity contribution in [1.29, 1.82) is 0 Å². The molecule has 33 heavy (non-hydrogen) atoms. The molecule has 2 amide bonds. The Morgan fingerprint density at radius 2 is 1.58 bits per heavy atom. The SMILES string of the molecule is CCCCCCCCCCCCOC(=O)CC1C(=O)NCCN1C(=O)c1ccc(OC)cc1. The van der Waals surface area contributed by atoms with E-state index in [1.54, 1.807) is 31.4 Å². The minimum absolute atomic E-state index is 0.133. The van der Waals surface area contributed by atoms with E-state index < -0.39 is 12.0 Å². The Morgan fingerprint density at radius 3 is 2.18 bits per heavy atom. The van der Waals surface area contributed by atoms with E-state index in [4.69, 9.17) is 9.47 Å². The molecule has 1 aromatic rings. The van der Waals surface area contributed by atoms with Gasteiger partial charge in [-0.2, -0.15) is 0 Å². The summed E-state index contributed by atoms with van der Waals surface area (Å²) in [7, 11) is 1.56. The van der Waals surface area contributed by atoms with Gasteiger partial charge in [0, 0.05) is 18.7 Å². The second kappa shape index (κ2) is 15.3. The van der Waals surface area contributed by atoms with Crippen LogP contribution in [0.15, 0.2) is 24.3 Å². The molecule has 2 rings (SSSR count). The second-order valence-corrected chi connectivity index (χ2v) is 8.64. The Hall–Kier alpha value is -2.57. The number of methoxy groups -OCH3 is 1. The summed E-state index contributed by atoms with van der Waals surface area (Å²) in [6, 6.07) is 5.87. The van der Waals surface area contributed by atoms with Gasteiger partial charge in [-0.05, 0) is 30.7 Å². The molecule has 1 aliphatic heterocycles. The van der Waals surface area contributed by atoms with Crippen LogP contribution in [0.4, 0.5) is 0 Å². The van der Waals surface area contributed by atoms with Gasteiger partial charge in [-0.3, -0.25) is 14.4 Å². The Kier molecular flexibility index (Phi) is 12.4. The molecule has 184 valence electrons. The first-order chi connectivity index (χ1) is 16.1. The third kappa shape index (κ3) is 9.44. The summed E-state index contributed by atoms with van der Waals surface area (Å²) in [5.74, 6) is -0.394. The zero-order valence-electron chi connectivity index (χ0n) is 20.3. The van der Waals surface area contributed by atoms with E-state index in [2.05, 4.69) is 12.2 Å². The number of hydrogen-bond donors (Lipinski definition) is 1. The van der Waals surface area contributed by atoms with Crippen molar-refractivity contribution in [3.8, 4) is 5.75 Å². The van der Waals surface area contributed by atoms with E-state index in [-0.39, 0.29) is 18.2 Å². The number of nitrogens with one attached hydrogen (secondary N) is 1. The average Bonchev–Trinajstić information content (AvgIpc) is 2.83. The Labute approximate surface area is 198 Å². The fraction of sp³-hybridized carbons (Fsp3) is 0.654. The fourth-order valence-electron chi connectivity index (χ4n) is 4.05. The van der Waals surface area contributed by atoms with Crippen LogP contribution in [0.1, 0.15) is 87.9 Å². The zero-order chi connectivity index (χ0) is 23.9. The molecule has 1 fully saturated rings. The standard InChI is InChI=1S/C26H40N2O5/c1-3-4-5-6-7-8-9-10-11-12-19-33-24(29)20-23-25(30)27-17-18-28(23)26(31)21-13-15-22(32-2)16-14-21/h13-16,23H,3-12,17-20H2,1-2H3,(H,27,30). The minimum Gasteiger partial charge on any atom is -0.497 e. The zero-order valence-corrected chi connectivity index (χ0v) is 20.3. The topological polar surface area (TPSA) is 84.9 Å². The van der Waals surface area contributed by atoms with Crippen molar-refractivity contribution in [1.82, 2.24) is 10.2 Å². The van der Waals surface area contributed by atoms with Crippen LogP contribution in [0.2, 0.25) is 0 Å². The molecule has 1 aromatic carbocycles. The molecule has 1 aliphatic rings. The van der Waals surface area contributed by atoms with E-state index in [9.17, 15) is 14.4 Å². The summed E-state index contributed by atoms with van der Waals surface area (Å²) < 4.78 is 10.5. The number of nitrogens with zero attached hydrogens (tertiary/aromatic N) is 1. The molecule has 0 radical (unpaired) electrons. The summed E-state index contributed by atoms with van der Waals surface area (Å²) in [4.78, 5) is 39.2. The molecule has 1 unspecified atom stereocenters. The number of benzene rings is 1. The third-order valence-corrected chi connectivity index (χ3v) is 6.05. The van der Waals surface area contributed by atoms with Crippen molar-refractivity contribution in [3.63, 3.8) is 0 Å². The van der Waals surface area contributed by atoms with Crippen LogP contribution in [0.25, 0.3) is 0 Å². The van der Waals surface area contributed by atoms with Gasteiger partial charge in [0.25, 0.3) is 5.91 Å². The van der Waals surface area contributed by atoms with Crippen LogP contribution in [-0.4, -0.2) is 55.5 Å². The highest BCUT2D eigenvalue weighted by Gasteiger charge is 2.35. The van der Waals surface area contributed by atoms with Gasteiger partial charge in [0.1, 0.15) is 11.8 Å². The van der Waals surface area contributed by atoms with Crippen LogP contribution >= 0.6 is 0 Å². The van der Waals surface area contributed by atoms with Crippen LogP contribution in [0.3, 0.4) is 0 Å². The number of carbonyl (C=O) groups is 3. The summed E-state index contributed by atoms with van der Waals surface area (Å²) in [5, 5.41) is 2.74. The molecule has 0 aliphatic carbocycles. The number of esters is 1. The maximum Gasteiger partial charge on any atom is 0.308 e. The van der Waals surface area contributed by atoms with Gasteiger partial charge < -0.3 is 19.7 Å². The molecule has 0 bridgehead atoms. The summed E-state index contributed by atoms with van der Waals surface area (Å²) in [5.41, 5.74) is 0.453. The molecule has 1 saturated heterocycles. The largest absolute Gasteiger partial charge is 0.497 e. The van der Waals surface area contributed by atoms with Crippen molar-refractivity contribution >= 4 is 17.8 Å². The summed E-state index contributed by atoms with van der Waals surface area (Å²) in [6.45, 7) is 3.31. The van der Waals surface area contributed by atoms with Gasteiger partial charge in [0.2, 0.25) is 5.91 Å². The highest BCUT2D eigenvalue weighted by atomic mass is 16.5. The Bertz CT molecular complexity index is 735. The molecular weight excluding hydrogens is 420 g/mol. The maximum atomic E-state index is 12.9. The lowest BCUT2D eigenvalue weighted by atomic mass is 10.1. The van der Waals surface area contributed by atoms with E-state index >= 15 is 0 Å². The van der Waals surface area contributed by atoms with Gasteiger partial charge in [0.15, 0.2) is 0 Å². The number of amides is 2. The number of hydrogen-bond acceptors (Lipinski definition) is 5. The first-order valence-electron chi connectivity index (χ1n) is 12.4. The van der Waals surface area contributed by atoms with Crippen LogP contribution in [0.5, 0.6) is 5.75 Å². The molecule has 1 heterocycles. The normalized spacial score (nSPS) is 15.8. The molecule has 1 atom stereocenters. The monoisotopic (exact) mass is 460 g/mol. The third-order valence-electron chi connectivity index (χ3n) is 6.05. The van der Waals surface area contributed by atoms with Gasteiger partial charge in [-0.15, -0.1) is 0 Å². The molecule has 0 saturated carbocycles. The summed E-state index contributed by atoms with van der Waals surface area (Å²) >= 11 is 0. The molecule has 7 heteroatoms. The molecule has 0 spiro atoms. The van der Waals surface area contributed by atoms with Crippen LogP contribution < -0.4 is 10.1 Å². The van der Waals surface area contributed by atoms with E-state index in [1.165, 1.54) is 49.8 Å². The lowest BCUT2D eigenvalue weighted by molar-refractivity contribution is -0.147. The molecule has 7 nitrogen and oxygen atoms in total. The first-order valence-corrected chi connectivity index (χ1v) is 12.4. The van der Waals surface area contributed by atoms with Gasteiger partial charge in [-0.25, -0.2) is 0 Å². The van der Waals surface area contributed by atoms with E-state index in [1.807, 2.05) is 0 Å². The number of carbonyl (C=O) groups excluding carboxylic acids is 3. The molecule has 1 N–H and O–H groups in total. The van der Waals surface area contributed by atoms with Crippen LogP contribution in [-0.2, 0) is 14.3 Å². The molecule has 0 aromatic heterocycles. The fourth-order valence-corrected chi connectivity index (χ4v) is 4.05. The van der Waals surface area contributed by atoms with Gasteiger partial charge in [0.05, 0.1) is 20.1 Å². The van der Waals surface area contributed by atoms with Crippen molar-refractivity contribution in [2.24, 2.45) is 0 Å². The van der Waals surface area contributed by atoms with E-state index in [0.29, 0.717) is 31.0 Å². The van der Waals surface area contributed by atoms with Crippen LogP contribution in [0, 0.1) is 0 Å². The van der Waals surface area contributed by atoms with E-state index in [0.717, 1.165) is 19.3 Å². The van der Waals surface area contributed by atoms with Crippen molar-refractivity contribution in [2.75, 3.05) is 26.8 Å². The Morgan fingerprint density at radius 1 is 0.970 bits per heavy atom. The predicted octanol–water partition coefficient (Wildman–Crippen LogP) is 4.49. The first kappa shape index (κ1) is 26.7. The highest BCUT2D eigenvalue weighted by molar-refractivity contribution is 5.99. The molecular formula is C26H40N2O5. The van der Waals surface area contributed by atoms with Crippen molar-refractivity contribution in [3.05, 3.63) is 29.8 Å². The second-order valence-electron chi connectivity index (χ2n) is 8.64. The summed E-state index contributed by atoms with van der Waals surface area (Å²) in [6.07, 6.45) is 12.0. The van der Waals surface area contributed by atoms with Gasteiger partial charge in [-0.1, -0.05) is 64.7 Å². The quantitative estimate of drug-likeness (QED) is 0.308. The smallest absolute Gasteiger partial charge is 0.308 e. The average molecular weight is 461 g/mol. The Balaban J connectivity index is 1.70. The number of unbranched alkanes of at least 4 members (excludes halogenated alkanes) is 9. The van der Waals surface area contributed by atoms with Crippen molar-refractivity contribution in [2.45, 2.75) is 83.6 Å². The lowest BCUT2D eigenvalue weighted by Gasteiger charge is -2.34. The minimum atomic E-state index is -0.853. The maximum absolute atomic E-state index is 12.9. The van der Waals surface area contributed by atoms with Gasteiger partial charge >= 0.3 is 5.97 Å². The number of ether oxygens (including phenoxy) is 2. The number of piperazine rings is 1.